The molecular weight excluding hydrogens is 358 g/mol. The fourth-order valence-electron chi connectivity index (χ4n) is 3.96. The van der Waals surface area contributed by atoms with Crippen LogP contribution in [-0.2, 0) is 0 Å². The van der Waals surface area contributed by atoms with Crippen LogP contribution in [0.25, 0.3) is 0 Å². The number of thiocarbonyl (C=S) groups is 1. The van der Waals surface area contributed by atoms with Gasteiger partial charge in [0.1, 0.15) is 12.7 Å². The van der Waals surface area contributed by atoms with Crippen molar-refractivity contribution in [3.05, 3.63) is 65.8 Å². The van der Waals surface area contributed by atoms with Crippen LogP contribution in [0.2, 0.25) is 0 Å². The average molecular weight is 382 g/mol. The van der Waals surface area contributed by atoms with Crippen LogP contribution in [0, 0.1) is 13.8 Å². The largest absolute Gasteiger partial charge is 0.352 e. The topological polar surface area (TPSA) is 63.8 Å². The Kier molecular flexibility index (Phi) is 4.65. The minimum Gasteiger partial charge on any atom is -0.352 e. The van der Waals surface area contributed by atoms with E-state index in [1.54, 1.807) is 12.7 Å². The Morgan fingerprint density at radius 2 is 1.96 bits per heavy atom. The molecule has 3 aromatic heterocycles. The smallest absolute Gasteiger partial charge is 0.170 e. The number of nitrogens with one attached hydrogen (secondary N) is 1. The molecule has 1 aliphatic heterocycles. The van der Waals surface area contributed by atoms with Crippen molar-refractivity contribution in [3.8, 4) is 0 Å². The third-order valence-electron chi connectivity index (χ3n) is 5.05. The molecule has 1 fully saturated rings. The summed E-state index contributed by atoms with van der Waals surface area (Å²) >= 11 is 5.68. The van der Waals surface area contributed by atoms with Crippen LogP contribution in [0.4, 0.5) is 0 Å². The van der Waals surface area contributed by atoms with Gasteiger partial charge >= 0.3 is 0 Å². The van der Waals surface area contributed by atoms with Crippen LogP contribution < -0.4 is 5.32 Å². The van der Waals surface area contributed by atoms with Crippen molar-refractivity contribution in [1.29, 1.82) is 0 Å². The molecule has 0 radical (unpaired) electrons. The molecule has 1 N–H and O–H groups in total. The van der Waals surface area contributed by atoms with Gasteiger partial charge in [-0.2, -0.15) is 0 Å². The highest BCUT2D eigenvalue weighted by molar-refractivity contribution is 7.80. The number of pyridine rings is 1. The predicted molar refractivity (Wildman–Crippen MR) is 107 cm³/mol. The van der Waals surface area contributed by atoms with Crippen molar-refractivity contribution in [3.63, 3.8) is 0 Å². The molecule has 4 heterocycles. The molecule has 0 amide bonds. The van der Waals surface area contributed by atoms with E-state index in [0.717, 1.165) is 35.2 Å². The maximum atomic E-state index is 5.68. The summed E-state index contributed by atoms with van der Waals surface area (Å²) in [4.78, 5) is 6.88. The number of nitrogens with zero attached hydrogens (tertiary/aromatic N) is 6. The standard InChI is InChI=1S/C19H23N7S/c1-4-9-25-18(17(23-19(25)27)16-7-5-6-8-20-16)15-10-13(2)26(14(15)3)24-11-21-22-12-24/h5-8,10-12,17-18H,4,9H2,1-3H3,(H,23,27). The Morgan fingerprint density at radius 3 is 2.63 bits per heavy atom. The van der Waals surface area contributed by atoms with E-state index in [1.165, 1.54) is 5.56 Å². The highest BCUT2D eigenvalue weighted by atomic mass is 32.1. The van der Waals surface area contributed by atoms with E-state index in [4.69, 9.17) is 12.2 Å². The van der Waals surface area contributed by atoms with Gasteiger partial charge in [0.2, 0.25) is 0 Å². The van der Waals surface area contributed by atoms with Crippen molar-refractivity contribution < 1.29 is 0 Å². The van der Waals surface area contributed by atoms with Crippen molar-refractivity contribution in [2.24, 2.45) is 0 Å². The van der Waals surface area contributed by atoms with Crippen LogP contribution in [0.5, 0.6) is 0 Å². The Hall–Kier alpha value is -2.74. The molecular formula is C19H23N7S. The van der Waals surface area contributed by atoms with E-state index in [2.05, 4.69) is 63.0 Å². The van der Waals surface area contributed by atoms with Crippen molar-refractivity contribution in [1.82, 2.24) is 34.8 Å². The highest BCUT2D eigenvalue weighted by Gasteiger charge is 2.40. The lowest BCUT2D eigenvalue weighted by Crippen LogP contribution is -2.30. The Bertz CT molecular complexity index is 933. The molecule has 27 heavy (non-hydrogen) atoms. The first-order chi connectivity index (χ1) is 13.1. The molecule has 2 atom stereocenters. The molecule has 0 bridgehead atoms. The second-order valence-electron chi connectivity index (χ2n) is 6.80. The molecule has 0 aliphatic carbocycles. The van der Waals surface area contributed by atoms with Crippen molar-refractivity contribution >= 4 is 17.3 Å². The first-order valence-corrected chi connectivity index (χ1v) is 9.54. The van der Waals surface area contributed by atoms with Crippen LogP contribution in [0.3, 0.4) is 0 Å². The molecule has 1 aliphatic rings. The van der Waals surface area contributed by atoms with E-state index >= 15 is 0 Å². The van der Waals surface area contributed by atoms with Crippen LogP contribution in [0.1, 0.15) is 48.1 Å². The first kappa shape index (κ1) is 17.7. The zero-order chi connectivity index (χ0) is 19.0. The lowest BCUT2D eigenvalue weighted by atomic mass is 9.96. The van der Waals surface area contributed by atoms with Gasteiger partial charge < -0.3 is 10.2 Å². The number of hydrogen-bond acceptors (Lipinski definition) is 4. The zero-order valence-electron chi connectivity index (χ0n) is 15.7. The second-order valence-corrected chi connectivity index (χ2v) is 7.19. The maximum absolute atomic E-state index is 5.68. The van der Waals surface area contributed by atoms with Gasteiger partial charge in [0.25, 0.3) is 0 Å². The van der Waals surface area contributed by atoms with Gasteiger partial charge in [0.05, 0.1) is 17.8 Å². The van der Waals surface area contributed by atoms with Gasteiger partial charge in [-0.15, -0.1) is 10.2 Å². The third-order valence-corrected chi connectivity index (χ3v) is 5.40. The summed E-state index contributed by atoms with van der Waals surface area (Å²) in [5.41, 5.74) is 4.50. The van der Waals surface area contributed by atoms with Gasteiger partial charge in [0.15, 0.2) is 5.11 Å². The SMILES string of the molecule is CCCN1C(=S)NC(c2ccccn2)C1c1cc(C)n(-n2cnnc2)c1C. The summed E-state index contributed by atoms with van der Waals surface area (Å²) in [5.74, 6) is 0. The predicted octanol–water partition coefficient (Wildman–Crippen LogP) is 2.79. The molecule has 7 nitrogen and oxygen atoms in total. The summed E-state index contributed by atoms with van der Waals surface area (Å²) in [7, 11) is 0. The highest BCUT2D eigenvalue weighted by Crippen LogP contribution is 2.40. The van der Waals surface area contributed by atoms with Crippen molar-refractivity contribution in [2.75, 3.05) is 6.54 Å². The monoisotopic (exact) mass is 381 g/mol. The summed E-state index contributed by atoms with van der Waals surface area (Å²) in [6.45, 7) is 7.30. The lowest BCUT2D eigenvalue weighted by Gasteiger charge is -2.27. The van der Waals surface area contributed by atoms with Gasteiger partial charge in [0, 0.05) is 29.7 Å². The molecule has 140 valence electrons. The van der Waals surface area contributed by atoms with E-state index in [-0.39, 0.29) is 12.1 Å². The van der Waals surface area contributed by atoms with Gasteiger partial charge in [-0.1, -0.05) is 13.0 Å². The molecule has 3 aromatic rings. The molecule has 0 aromatic carbocycles. The molecule has 4 rings (SSSR count). The summed E-state index contributed by atoms with van der Waals surface area (Å²) in [5, 5.41) is 12.2. The minimum atomic E-state index is 0.0140. The van der Waals surface area contributed by atoms with Crippen LogP contribution in [0.15, 0.2) is 43.1 Å². The molecule has 1 saturated heterocycles. The molecule has 2 unspecified atom stereocenters. The summed E-state index contributed by atoms with van der Waals surface area (Å²) in [6.07, 6.45) is 6.28. The first-order valence-electron chi connectivity index (χ1n) is 9.14. The Balaban J connectivity index is 1.83. The van der Waals surface area contributed by atoms with Gasteiger partial charge in [-0.05, 0) is 50.7 Å². The van der Waals surface area contributed by atoms with Gasteiger partial charge in [-0.25, -0.2) is 4.68 Å². The van der Waals surface area contributed by atoms with Crippen LogP contribution >= 0.6 is 12.2 Å². The lowest BCUT2D eigenvalue weighted by molar-refractivity contribution is 0.316. The molecule has 8 heteroatoms. The van der Waals surface area contributed by atoms with E-state index in [9.17, 15) is 0 Å². The zero-order valence-corrected chi connectivity index (χ0v) is 16.5. The fraction of sp³-hybridized carbons (Fsp3) is 0.368. The maximum Gasteiger partial charge on any atom is 0.170 e. The number of rotatable bonds is 5. The second kappa shape index (κ2) is 7.11. The van der Waals surface area contributed by atoms with E-state index in [1.807, 2.05) is 23.0 Å². The molecule has 0 saturated carbocycles. The normalized spacial score (nSPS) is 19.5. The van der Waals surface area contributed by atoms with E-state index < -0.39 is 0 Å². The summed E-state index contributed by atoms with van der Waals surface area (Å²) in [6, 6.07) is 8.35. The summed E-state index contributed by atoms with van der Waals surface area (Å²) < 4.78 is 4.02. The van der Waals surface area contributed by atoms with Gasteiger partial charge in [-0.3, -0.25) is 9.66 Å². The molecule has 0 spiro atoms. The van der Waals surface area contributed by atoms with Crippen LogP contribution in [-0.4, -0.2) is 41.1 Å². The fourth-order valence-corrected chi connectivity index (χ4v) is 4.29. The number of hydrogen-bond donors (Lipinski definition) is 1. The minimum absolute atomic E-state index is 0.0140. The Labute approximate surface area is 164 Å². The quantitative estimate of drug-likeness (QED) is 0.686. The van der Waals surface area contributed by atoms with Crippen molar-refractivity contribution in [2.45, 2.75) is 39.3 Å². The van der Waals surface area contributed by atoms with E-state index in [0.29, 0.717) is 0 Å². The third kappa shape index (κ3) is 2.99. The Morgan fingerprint density at radius 1 is 1.19 bits per heavy atom. The average Bonchev–Trinajstić information content (AvgIpc) is 3.36. The number of aromatic nitrogens is 5. The number of aryl methyl sites for hydroxylation is 1.